The number of carbonyl (C=O) groups is 1. The number of fused-ring (bicyclic) bond motifs is 1. The summed E-state index contributed by atoms with van der Waals surface area (Å²) in [6, 6.07) is 2.86. The summed E-state index contributed by atoms with van der Waals surface area (Å²) in [5, 5.41) is 12.4. The summed E-state index contributed by atoms with van der Waals surface area (Å²) in [7, 11) is 0. The Kier molecular flexibility index (Phi) is 4.28. The molecule has 3 rings (SSSR count). The van der Waals surface area contributed by atoms with Crippen molar-refractivity contribution in [2.45, 2.75) is 32.7 Å². The minimum absolute atomic E-state index is 0.0907. The lowest BCUT2D eigenvalue weighted by Gasteiger charge is -2.24. The number of hydrogen-bond acceptors (Lipinski definition) is 4. The molecule has 1 aromatic heterocycles. The number of nitrogens with two attached hydrogens (primary N) is 1. The van der Waals surface area contributed by atoms with Crippen LogP contribution in [0, 0.1) is 11.2 Å². The lowest BCUT2D eigenvalue weighted by Crippen LogP contribution is -2.31. The van der Waals surface area contributed by atoms with E-state index in [0.717, 1.165) is 18.9 Å². The minimum Gasteiger partial charge on any atom is -0.477 e. The molecule has 1 heterocycles. The van der Waals surface area contributed by atoms with E-state index in [1.807, 2.05) is 13.8 Å². The van der Waals surface area contributed by atoms with Gasteiger partial charge in [0.05, 0.1) is 11.2 Å². The molecular formula is C18H22FN3O3. The first-order valence-corrected chi connectivity index (χ1v) is 8.29. The van der Waals surface area contributed by atoms with Gasteiger partial charge in [-0.1, -0.05) is 13.8 Å². The summed E-state index contributed by atoms with van der Waals surface area (Å²) in [6.45, 7) is 4.87. The maximum absolute atomic E-state index is 14.5. The number of carboxylic acids is 1. The second kappa shape index (κ2) is 6.15. The third-order valence-electron chi connectivity index (χ3n) is 4.60. The Hall–Kier alpha value is -2.41. The molecule has 1 saturated carbocycles. The van der Waals surface area contributed by atoms with Crippen LogP contribution in [0.15, 0.2) is 23.1 Å². The van der Waals surface area contributed by atoms with E-state index in [2.05, 4.69) is 5.32 Å². The molecule has 1 aliphatic rings. The zero-order valence-electron chi connectivity index (χ0n) is 14.3. The van der Waals surface area contributed by atoms with Crippen LogP contribution in [0.5, 0.6) is 0 Å². The average molecular weight is 347 g/mol. The third-order valence-corrected chi connectivity index (χ3v) is 4.60. The Balaban J connectivity index is 2.13. The summed E-state index contributed by atoms with van der Waals surface area (Å²) in [5.41, 5.74) is 5.34. The van der Waals surface area contributed by atoms with Gasteiger partial charge in [-0.05, 0) is 36.9 Å². The number of carboxylic acid groups (broad SMARTS) is 1. The standard InChI is InChI=1S/C18H22FN3O3/c1-18(2,8-20)9-21-14-6-15-11(5-13(14)19)16(23)12(17(24)25)7-22(15)10-3-4-10/h5-7,10,21H,3-4,8-9,20H2,1-2H3,(H,24,25). The van der Waals surface area contributed by atoms with Crippen LogP contribution in [0.2, 0.25) is 0 Å². The first kappa shape index (κ1) is 17.4. The number of anilines is 1. The fraction of sp³-hybridized carbons (Fsp3) is 0.444. The summed E-state index contributed by atoms with van der Waals surface area (Å²) in [6.07, 6.45) is 3.20. The van der Waals surface area contributed by atoms with E-state index in [-0.39, 0.29) is 28.1 Å². The van der Waals surface area contributed by atoms with Crippen LogP contribution in [0.4, 0.5) is 10.1 Å². The largest absolute Gasteiger partial charge is 0.477 e. The van der Waals surface area contributed by atoms with Crippen LogP contribution in [0.3, 0.4) is 0 Å². The molecule has 7 heteroatoms. The molecule has 0 saturated heterocycles. The quantitative estimate of drug-likeness (QED) is 0.746. The van der Waals surface area contributed by atoms with Gasteiger partial charge in [-0.2, -0.15) is 0 Å². The van der Waals surface area contributed by atoms with Crippen molar-refractivity contribution in [1.82, 2.24) is 4.57 Å². The molecule has 1 aromatic carbocycles. The molecule has 1 fully saturated rings. The molecule has 0 radical (unpaired) electrons. The van der Waals surface area contributed by atoms with Gasteiger partial charge in [-0.25, -0.2) is 9.18 Å². The van der Waals surface area contributed by atoms with Gasteiger partial charge in [0.2, 0.25) is 5.43 Å². The smallest absolute Gasteiger partial charge is 0.341 e. The van der Waals surface area contributed by atoms with Gasteiger partial charge in [0.1, 0.15) is 11.4 Å². The predicted molar refractivity (Wildman–Crippen MR) is 94.7 cm³/mol. The molecule has 0 spiro atoms. The SMILES string of the molecule is CC(C)(CN)CNc1cc2c(cc1F)c(=O)c(C(=O)O)cn2C1CC1. The van der Waals surface area contributed by atoms with Gasteiger partial charge in [0, 0.05) is 24.2 Å². The second-order valence-corrected chi connectivity index (χ2v) is 7.39. The third kappa shape index (κ3) is 3.37. The number of nitrogens with one attached hydrogen (secondary N) is 1. The molecule has 4 N–H and O–H groups in total. The summed E-state index contributed by atoms with van der Waals surface area (Å²) in [5.74, 6) is -1.88. The Morgan fingerprint density at radius 3 is 2.68 bits per heavy atom. The lowest BCUT2D eigenvalue weighted by atomic mass is 9.94. The summed E-state index contributed by atoms with van der Waals surface area (Å²) < 4.78 is 16.2. The van der Waals surface area contributed by atoms with E-state index in [0.29, 0.717) is 18.6 Å². The molecule has 2 aromatic rings. The first-order chi connectivity index (χ1) is 11.7. The van der Waals surface area contributed by atoms with Gasteiger partial charge in [-0.15, -0.1) is 0 Å². The van der Waals surface area contributed by atoms with Gasteiger partial charge in [0.15, 0.2) is 0 Å². The number of aromatic carboxylic acids is 1. The fourth-order valence-electron chi connectivity index (χ4n) is 2.72. The van der Waals surface area contributed by atoms with Gasteiger partial charge in [-0.3, -0.25) is 4.79 Å². The number of halogens is 1. The van der Waals surface area contributed by atoms with Crippen molar-refractivity contribution in [3.8, 4) is 0 Å². The second-order valence-electron chi connectivity index (χ2n) is 7.39. The molecule has 1 aliphatic carbocycles. The van der Waals surface area contributed by atoms with Crippen molar-refractivity contribution < 1.29 is 14.3 Å². The number of benzene rings is 1. The topological polar surface area (TPSA) is 97.3 Å². The molecular weight excluding hydrogens is 325 g/mol. The summed E-state index contributed by atoms with van der Waals surface area (Å²) in [4.78, 5) is 23.7. The van der Waals surface area contributed by atoms with Crippen molar-refractivity contribution in [2.24, 2.45) is 11.1 Å². The van der Waals surface area contributed by atoms with Gasteiger partial charge in [0.25, 0.3) is 0 Å². The highest BCUT2D eigenvalue weighted by molar-refractivity contribution is 5.93. The van der Waals surface area contributed by atoms with E-state index in [4.69, 9.17) is 5.73 Å². The Labute approximate surface area is 144 Å². The van der Waals surface area contributed by atoms with Crippen LogP contribution in [0.1, 0.15) is 43.1 Å². The first-order valence-electron chi connectivity index (χ1n) is 8.29. The highest BCUT2D eigenvalue weighted by Gasteiger charge is 2.27. The van der Waals surface area contributed by atoms with E-state index in [1.54, 1.807) is 10.6 Å². The highest BCUT2D eigenvalue weighted by atomic mass is 19.1. The molecule has 0 bridgehead atoms. The lowest BCUT2D eigenvalue weighted by molar-refractivity contribution is 0.0695. The van der Waals surface area contributed by atoms with Crippen molar-refractivity contribution in [1.29, 1.82) is 0 Å². The molecule has 0 unspecified atom stereocenters. The fourth-order valence-corrected chi connectivity index (χ4v) is 2.72. The van der Waals surface area contributed by atoms with Crippen LogP contribution >= 0.6 is 0 Å². The maximum Gasteiger partial charge on any atom is 0.341 e. The van der Waals surface area contributed by atoms with Crippen LogP contribution in [-0.4, -0.2) is 28.7 Å². The van der Waals surface area contributed by atoms with E-state index in [9.17, 15) is 19.1 Å². The van der Waals surface area contributed by atoms with Gasteiger partial charge < -0.3 is 20.7 Å². The monoisotopic (exact) mass is 347 g/mol. The Morgan fingerprint density at radius 1 is 1.44 bits per heavy atom. The average Bonchev–Trinajstić information content (AvgIpc) is 3.38. The predicted octanol–water partition coefficient (Wildman–Crippen LogP) is 2.57. The molecule has 25 heavy (non-hydrogen) atoms. The Bertz CT molecular complexity index is 901. The van der Waals surface area contributed by atoms with Gasteiger partial charge >= 0.3 is 5.97 Å². The van der Waals surface area contributed by atoms with E-state index >= 15 is 0 Å². The normalized spacial score (nSPS) is 14.7. The van der Waals surface area contributed by atoms with Crippen LogP contribution in [-0.2, 0) is 0 Å². The number of rotatable bonds is 6. The van der Waals surface area contributed by atoms with Crippen LogP contribution < -0.4 is 16.5 Å². The molecule has 0 amide bonds. The number of aromatic nitrogens is 1. The highest BCUT2D eigenvalue weighted by Crippen LogP contribution is 2.37. The zero-order chi connectivity index (χ0) is 18.4. The Morgan fingerprint density at radius 2 is 2.12 bits per heavy atom. The zero-order valence-corrected chi connectivity index (χ0v) is 14.3. The molecule has 0 aliphatic heterocycles. The number of hydrogen-bond donors (Lipinski definition) is 3. The van der Waals surface area contributed by atoms with Crippen molar-refractivity contribution in [2.75, 3.05) is 18.4 Å². The van der Waals surface area contributed by atoms with Crippen LogP contribution in [0.25, 0.3) is 10.9 Å². The molecule has 134 valence electrons. The van der Waals surface area contributed by atoms with E-state index < -0.39 is 17.2 Å². The van der Waals surface area contributed by atoms with E-state index in [1.165, 1.54) is 6.20 Å². The van der Waals surface area contributed by atoms with Crippen molar-refractivity contribution in [3.05, 3.63) is 39.9 Å². The molecule has 6 nitrogen and oxygen atoms in total. The molecule has 0 atom stereocenters. The van der Waals surface area contributed by atoms with Crippen molar-refractivity contribution >= 4 is 22.6 Å². The maximum atomic E-state index is 14.5. The summed E-state index contributed by atoms with van der Waals surface area (Å²) >= 11 is 0. The minimum atomic E-state index is -1.30. The van der Waals surface area contributed by atoms with Crippen molar-refractivity contribution in [3.63, 3.8) is 0 Å². The number of nitrogens with zero attached hydrogens (tertiary/aromatic N) is 1. The number of pyridine rings is 1.